The van der Waals surface area contributed by atoms with Crippen molar-refractivity contribution in [1.29, 1.82) is 0 Å². The Morgan fingerprint density at radius 1 is 1.11 bits per heavy atom. The molecule has 1 aliphatic heterocycles. The predicted molar refractivity (Wildman–Crippen MR) is 105 cm³/mol. The monoisotopic (exact) mass is 401 g/mol. The molecule has 3 aromatic rings. The summed E-state index contributed by atoms with van der Waals surface area (Å²) in [6.07, 6.45) is 1.68. The van der Waals surface area contributed by atoms with Gasteiger partial charge in [0.2, 0.25) is 10.0 Å². The highest BCUT2D eigenvalue weighted by Gasteiger charge is 2.32. The van der Waals surface area contributed by atoms with Crippen LogP contribution >= 0.6 is 11.3 Å². The van der Waals surface area contributed by atoms with Crippen molar-refractivity contribution in [3.05, 3.63) is 58.4 Å². The minimum atomic E-state index is -3.67. The molecule has 27 heavy (non-hydrogen) atoms. The number of amides is 1. The molecule has 1 saturated heterocycles. The molecule has 1 fully saturated rings. The van der Waals surface area contributed by atoms with E-state index in [0.717, 1.165) is 10.9 Å². The Labute approximate surface area is 162 Å². The summed E-state index contributed by atoms with van der Waals surface area (Å²) in [6, 6.07) is 10.8. The zero-order valence-electron chi connectivity index (χ0n) is 14.8. The Morgan fingerprint density at radius 2 is 1.89 bits per heavy atom. The molecule has 0 saturated carbocycles. The van der Waals surface area contributed by atoms with Crippen LogP contribution in [-0.4, -0.2) is 54.7 Å². The molecule has 2 aromatic heterocycles. The largest absolute Gasteiger partial charge is 0.335 e. The van der Waals surface area contributed by atoms with Crippen LogP contribution in [0.25, 0.3) is 10.9 Å². The van der Waals surface area contributed by atoms with E-state index < -0.39 is 10.0 Å². The summed E-state index contributed by atoms with van der Waals surface area (Å²) in [5.41, 5.74) is 1.47. The zero-order valence-corrected chi connectivity index (χ0v) is 16.5. The van der Waals surface area contributed by atoms with E-state index >= 15 is 0 Å². The Kier molecular flexibility index (Phi) is 4.71. The number of nitrogens with zero attached hydrogens (tertiary/aromatic N) is 3. The number of hydrogen-bond donors (Lipinski definition) is 0. The van der Waals surface area contributed by atoms with Crippen molar-refractivity contribution in [3.8, 4) is 0 Å². The van der Waals surface area contributed by atoms with Gasteiger partial charge in [0.15, 0.2) is 0 Å². The second kappa shape index (κ2) is 7.03. The van der Waals surface area contributed by atoms with Gasteiger partial charge in [0.05, 0.1) is 10.4 Å². The van der Waals surface area contributed by atoms with Gasteiger partial charge >= 0.3 is 0 Å². The molecule has 0 atom stereocenters. The van der Waals surface area contributed by atoms with Crippen LogP contribution in [-0.2, 0) is 10.0 Å². The lowest BCUT2D eigenvalue weighted by molar-refractivity contribution is 0.0703. The number of sulfonamides is 1. The molecule has 6 nitrogen and oxygen atoms in total. The molecule has 1 aromatic carbocycles. The number of para-hydroxylation sites is 1. The molecule has 8 heteroatoms. The number of carbonyl (C=O) groups is 1. The zero-order chi connectivity index (χ0) is 19.0. The van der Waals surface area contributed by atoms with Gasteiger partial charge in [-0.2, -0.15) is 4.31 Å². The van der Waals surface area contributed by atoms with Crippen molar-refractivity contribution in [3.63, 3.8) is 0 Å². The molecule has 4 rings (SSSR count). The molecule has 0 N–H and O–H groups in total. The van der Waals surface area contributed by atoms with E-state index in [-0.39, 0.29) is 23.9 Å². The Bertz CT molecular complexity index is 1090. The number of rotatable bonds is 3. The highest BCUT2D eigenvalue weighted by molar-refractivity contribution is 7.89. The predicted octanol–water partition coefficient (Wildman–Crippen LogP) is 2.75. The number of pyridine rings is 1. The smallest absolute Gasteiger partial charge is 0.264 e. The van der Waals surface area contributed by atoms with Gasteiger partial charge in [-0.3, -0.25) is 9.78 Å². The summed E-state index contributed by atoms with van der Waals surface area (Å²) in [7, 11) is -3.67. The fourth-order valence-corrected chi connectivity index (χ4v) is 5.56. The summed E-state index contributed by atoms with van der Waals surface area (Å²) in [5, 5.41) is 2.67. The topological polar surface area (TPSA) is 70.6 Å². The number of carbonyl (C=O) groups excluding carboxylic acids is 1. The maximum atomic E-state index is 13.2. The van der Waals surface area contributed by atoms with Gasteiger partial charge in [0, 0.05) is 37.8 Å². The van der Waals surface area contributed by atoms with E-state index in [0.29, 0.717) is 23.5 Å². The molecule has 0 bridgehead atoms. The first-order chi connectivity index (χ1) is 13.0. The summed E-state index contributed by atoms with van der Waals surface area (Å²) in [4.78, 5) is 19.4. The van der Waals surface area contributed by atoms with Gasteiger partial charge in [-0.25, -0.2) is 8.42 Å². The fourth-order valence-electron chi connectivity index (χ4n) is 3.28. The van der Waals surface area contributed by atoms with Crippen molar-refractivity contribution in [2.75, 3.05) is 26.2 Å². The van der Waals surface area contributed by atoms with Gasteiger partial charge < -0.3 is 4.90 Å². The number of thiophene rings is 1. The lowest BCUT2D eigenvalue weighted by Crippen LogP contribution is -2.50. The van der Waals surface area contributed by atoms with Crippen LogP contribution < -0.4 is 0 Å². The van der Waals surface area contributed by atoms with Gasteiger partial charge in [-0.1, -0.05) is 18.2 Å². The number of hydrogen-bond acceptors (Lipinski definition) is 5. The number of fused-ring (bicyclic) bond motifs is 1. The van der Waals surface area contributed by atoms with Crippen LogP contribution in [0.2, 0.25) is 0 Å². The molecule has 0 radical (unpaired) electrons. The lowest BCUT2D eigenvalue weighted by atomic mass is 10.2. The molecule has 1 amide bonds. The fraction of sp³-hybridized carbons (Fsp3) is 0.263. The van der Waals surface area contributed by atoms with Crippen LogP contribution in [0, 0.1) is 6.92 Å². The summed E-state index contributed by atoms with van der Waals surface area (Å²) in [6.45, 7) is 3.25. The van der Waals surface area contributed by atoms with E-state index in [4.69, 9.17) is 0 Å². The molecular formula is C19H19N3O3S2. The number of piperazine rings is 1. The third-order valence-corrected chi connectivity index (χ3v) is 7.47. The van der Waals surface area contributed by atoms with E-state index in [2.05, 4.69) is 4.98 Å². The second-order valence-corrected chi connectivity index (χ2v) is 9.37. The van der Waals surface area contributed by atoms with Crippen molar-refractivity contribution in [2.45, 2.75) is 11.8 Å². The average Bonchev–Trinajstić information content (AvgIpc) is 3.21. The first kappa shape index (κ1) is 18.1. The third-order valence-electron chi connectivity index (χ3n) is 4.69. The third kappa shape index (κ3) is 3.36. The Morgan fingerprint density at radius 3 is 2.59 bits per heavy atom. The normalized spacial score (nSPS) is 16.0. The first-order valence-corrected chi connectivity index (χ1v) is 11.0. The molecule has 0 unspecified atom stereocenters. The lowest BCUT2D eigenvalue weighted by Gasteiger charge is -2.33. The summed E-state index contributed by atoms with van der Waals surface area (Å²) < 4.78 is 27.8. The average molecular weight is 402 g/mol. The van der Waals surface area contributed by atoms with Crippen LogP contribution in [0.15, 0.2) is 52.9 Å². The Hall–Kier alpha value is -2.29. The van der Waals surface area contributed by atoms with Crippen molar-refractivity contribution < 1.29 is 13.2 Å². The molecule has 3 heterocycles. The van der Waals surface area contributed by atoms with Gasteiger partial charge in [-0.15, -0.1) is 11.3 Å². The Balaban J connectivity index is 1.57. The highest BCUT2D eigenvalue weighted by Crippen LogP contribution is 2.26. The van der Waals surface area contributed by atoms with Crippen molar-refractivity contribution >= 4 is 38.2 Å². The molecular weight excluding hydrogens is 382 g/mol. The van der Waals surface area contributed by atoms with Gasteiger partial charge in [-0.05, 0) is 36.1 Å². The second-order valence-electron chi connectivity index (χ2n) is 6.51. The molecule has 1 aliphatic rings. The minimum Gasteiger partial charge on any atom is -0.335 e. The highest BCUT2D eigenvalue weighted by atomic mass is 32.2. The van der Waals surface area contributed by atoms with Crippen LogP contribution in [0.4, 0.5) is 0 Å². The summed E-state index contributed by atoms with van der Waals surface area (Å²) >= 11 is 1.40. The van der Waals surface area contributed by atoms with E-state index in [1.165, 1.54) is 15.6 Å². The maximum Gasteiger partial charge on any atom is 0.264 e. The quantitative estimate of drug-likeness (QED) is 0.677. The van der Waals surface area contributed by atoms with Crippen molar-refractivity contribution in [1.82, 2.24) is 14.2 Å². The summed E-state index contributed by atoms with van der Waals surface area (Å²) in [5.74, 6) is -0.0376. The minimum absolute atomic E-state index is 0.0376. The number of aromatic nitrogens is 1. The van der Waals surface area contributed by atoms with Gasteiger partial charge in [0.1, 0.15) is 4.90 Å². The molecule has 0 spiro atoms. The molecule has 0 aliphatic carbocycles. The van der Waals surface area contributed by atoms with E-state index in [1.807, 2.05) is 30.5 Å². The van der Waals surface area contributed by atoms with E-state index in [1.54, 1.807) is 29.3 Å². The number of aryl methyl sites for hydroxylation is 1. The maximum absolute atomic E-state index is 13.2. The van der Waals surface area contributed by atoms with Gasteiger partial charge in [0.25, 0.3) is 5.91 Å². The standard InChI is InChI=1S/C19H19N3O3S2/c1-14-12-15-4-2-6-17(18(15)20-13-14)27(24,25)22-9-7-21(8-10-22)19(23)16-5-3-11-26-16/h2-6,11-13H,7-10H2,1H3. The molecule has 140 valence electrons. The van der Waals surface area contributed by atoms with Crippen LogP contribution in [0.3, 0.4) is 0 Å². The number of benzene rings is 1. The first-order valence-electron chi connectivity index (χ1n) is 8.65. The van der Waals surface area contributed by atoms with Crippen LogP contribution in [0.1, 0.15) is 15.2 Å². The van der Waals surface area contributed by atoms with E-state index in [9.17, 15) is 13.2 Å². The van der Waals surface area contributed by atoms with Crippen molar-refractivity contribution in [2.24, 2.45) is 0 Å². The van der Waals surface area contributed by atoms with Crippen LogP contribution in [0.5, 0.6) is 0 Å². The SMILES string of the molecule is Cc1cnc2c(S(=O)(=O)N3CCN(C(=O)c4cccs4)CC3)cccc2c1.